The molecule has 35 heavy (non-hydrogen) atoms. The Bertz CT molecular complexity index is 873. The minimum Gasteiger partial charge on any atom is -0.436 e. The molecule has 0 radical (unpaired) electrons. The van der Waals surface area contributed by atoms with E-state index < -0.39 is 23.6 Å². The number of benzene rings is 1. The zero-order valence-corrected chi connectivity index (χ0v) is 20.8. The quantitative estimate of drug-likeness (QED) is 0.435. The SMILES string of the molecule is COCCNC(=O)N1CCCCC(C#N)(NC(=O)[C@H](CC(C)C)OC(=O)NCc2ccccc2)C1. The van der Waals surface area contributed by atoms with Crippen molar-refractivity contribution in [3.63, 3.8) is 0 Å². The minimum atomic E-state index is -1.27. The molecule has 0 spiro atoms. The molecule has 1 fully saturated rings. The number of amides is 4. The van der Waals surface area contributed by atoms with E-state index in [1.54, 1.807) is 7.11 Å². The molecule has 1 saturated heterocycles. The Kier molecular flexibility index (Phi) is 11.3. The van der Waals surface area contributed by atoms with Gasteiger partial charge in [-0.1, -0.05) is 44.2 Å². The fraction of sp³-hybridized carbons (Fsp3) is 0.600. The summed E-state index contributed by atoms with van der Waals surface area (Å²) in [5.41, 5.74) is -0.370. The molecule has 1 aliphatic rings. The van der Waals surface area contributed by atoms with Crippen molar-refractivity contribution in [1.82, 2.24) is 20.9 Å². The third-order valence-corrected chi connectivity index (χ3v) is 5.70. The molecule has 0 aromatic heterocycles. The molecule has 0 saturated carbocycles. The number of alkyl carbamates (subject to hydrolysis) is 1. The van der Waals surface area contributed by atoms with Crippen LogP contribution in [0.25, 0.3) is 0 Å². The van der Waals surface area contributed by atoms with E-state index in [-0.39, 0.29) is 25.0 Å². The van der Waals surface area contributed by atoms with Crippen molar-refractivity contribution in [2.45, 2.75) is 57.7 Å². The van der Waals surface area contributed by atoms with E-state index in [1.807, 2.05) is 44.2 Å². The van der Waals surface area contributed by atoms with Crippen molar-refractivity contribution in [3.8, 4) is 6.07 Å². The smallest absolute Gasteiger partial charge is 0.408 e. The number of likely N-dealkylation sites (tertiary alicyclic amines) is 1. The molecular weight excluding hydrogens is 450 g/mol. The summed E-state index contributed by atoms with van der Waals surface area (Å²) in [5, 5.41) is 18.3. The van der Waals surface area contributed by atoms with E-state index in [9.17, 15) is 19.6 Å². The Hall–Kier alpha value is -3.32. The number of nitrogens with zero attached hydrogens (tertiary/aromatic N) is 2. The lowest BCUT2D eigenvalue weighted by Crippen LogP contribution is -2.58. The van der Waals surface area contributed by atoms with E-state index in [2.05, 4.69) is 22.0 Å². The highest BCUT2D eigenvalue weighted by Gasteiger charge is 2.39. The second kappa shape index (κ2) is 14.2. The first-order valence-electron chi connectivity index (χ1n) is 12.0. The lowest BCUT2D eigenvalue weighted by atomic mass is 9.94. The largest absolute Gasteiger partial charge is 0.436 e. The summed E-state index contributed by atoms with van der Waals surface area (Å²) in [6, 6.07) is 11.3. The van der Waals surface area contributed by atoms with Crippen LogP contribution in [-0.4, -0.2) is 67.9 Å². The van der Waals surface area contributed by atoms with Crippen molar-refractivity contribution in [2.75, 3.05) is 33.4 Å². The van der Waals surface area contributed by atoms with Crippen LogP contribution in [0.4, 0.5) is 9.59 Å². The molecule has 2 rings (SSSR count). The second-order valence-electron chi connectivity index (χ2n) is 9.15. The third-order valence-electron chi connectivity index (χ3n) is 5.70. The van der Waals surface area contributed by atoms with E-state index in [1.165, 1.54) is 4.90 Å². The average Bonchev–Trinajstić information content (AvgIpc) is 3.06. The van der Waals surface area contributed by atoms with Crippen LogP contribution >= 0.6 is 0 Å². The normalized spacial score (nSPS) is 18.7. The van der Waals surface area contributed by atoms with Gasteiger partial charge in [-0.25, -0.2) is 9.59 Å². The van der Waals surface area contributed by atoms with Gasteiger partial charge in [0.25, 0.3) is 5.91 Å². The lowest BCUT2D eigenvalue weighted by Gasteiger charge is -2.32. The van der Waals surface area contributed by atoms with E-state index in [0.717, 1.165) is 5.56 Å². The van der Waals surface area contributed by atoms with Crippen LogP contribution in [-0.2, 0) is 20.8 Å². The number of nitriles is 1. The van der Waals surface area contributed by atoms with Gasteiger partial charge < -0.3 is 30.3 Å². The molecule has 3 N–H and O–H groups in total. The molecule has 0 bridgehead atoms. The van der Waals surface area contributed by atoms with Crippen LogP contribution < -0.4 is 16.0 Å². The molecule has 192 valence electrons. The number of ether oxygens (including phenoxy) is 2. The van der Waals surface area contributed by atoms with Crippen LogP contribution in [0.2, 0.25) is 0 Å². The van der Waals surface area contributed by atoms with Crippen molar-refractivity contribution in [2.24, 2.45) is 5.92 Å². The topological polar surface area (TPSA) is 133 Å². The summed E-state index contributed by atoms with van der Waals surface area (Å²) < 4.78 is 10.4. The van der Waals surface area contributed by atoms with Gasteiger partial charge in [0.2, 0.25) is 0 Å². The fourth-order valence-corrected chi connectivity index (χ4v) is 3.87. The molecule has 1 aliphatic heterocycles. The number of hydrogen-bond acceptors (Lipinski definition) is 6. The Morgan fingerprint density at radius 2 is 1.91 bits per heavy atom. The number of carbonyl (C=O) groups is 3. The van der Waals surface area contributed by atoms with Crippen LogP contribution in [0.1, 0.15) is 45.1 Å². The predicted octanol–water partition coefficient (Wildman–Crippen LogP) is 2.55. The van der Waals surface area contributed by atoms with Gasteiger partial charge in [0, 0.05) is 26.7 Å². The minimum absolute atomic E-state index is 0.0443. The number of methoxy groups -OCH3 is 1. The summed E-state index contributed by atoms with van der Waals surface area (Å²) in [7, 11) is 1.55. The van der Waals surface area contributed by atoms with Gasteiger partial charge in [-0.05, 0) is 37.2 Å². The summed E-state index contributed by atoms with van der Waals surface area (Å²) in [6.07, 6.45) is 0.302. The van der Waals surface area contributed by atoms with Gasteiger partial charge in [0.05, 0.1) is 19.2 Å². The van der Waals surface area contributed by atoms with Crippen molar-refractivity contribution in [1.29, 1.82) is 5.26 Å². The summed E-state index contributed by atoms with van der Waals surface area (Å²) in [4.78, 5) is 39.8. The van der Waals surface area contributed by atoms with Crippen molar-refractivity contribution < 1.29 is 23.9 Å². The molecule has 1 heterocycles. The average molecular weight is 488 g/mol. The standard InChI is InChI=1S/C25H37N5O5/c1-19(2)15-21(35-24(33)28-16-20-9-5-4-6-10-20)22(31)29-25(17-26)11-7-8-13-30(18-25)23(32)27-12-14-34-3/h4-6,9-10,19,21H,7-8,11-16,18H2,1-3H3,(H,27,32)(H,28,33)(H,29,31)/t21-,25?/m0/s1. The number of hydrogen-bond donors (Lipinski definition) is 3. The summed E-state index contributed by atoms with van der Waals surface area (Å²) in [5.74, 6) is -0.473. The summed E-state index contributed by atoms with van der Waals surface area (Å²) >= 11 is 0. The second-order valence-corrected chi connectivity index (χ2v) is 9.15. The molecule has 1 unspecified atom stereocenters. The molecule has 0 aliphatic carbocycles. The van der Waals surface area contributed by atoms with E-state index in [4.69, 9.17) is 9.47 Å². The van der Waals surface area contributed by atoms with Crippen LogP contribution in [0.15, 0.2) is 30.3 Å². The highest BCUT2D eigenvalue weighted by molar-refractivity contribution is 5.84. The first-order chi connectivity index (χ1) is 16.8. The van der Waals surface area contributed by atoms with Crippen LogP contribution in [0, 0.1) is 17.2 Å². The Balaban J connectivity index is 2.05. The van der Waals surface area contributed by atoms with Gasteiger partial charge in [-0.15, -0.1) is 0 Å². The van der Waals surface area contributed by atoms with Gasteiger partial charge in [-0.3, -0.25) is 4.79 Å². The predicted molar refractivity (Wildman–Crippen MR) is 130 cm³/mol. The van der Waals surface area contributed by atoms with Gasteiger partial charge in [0.15, 0.2) is 6.10 Å². The highest BCUT2D eigenvalue weighted by atomic mass is 16.6. The van der Waals surface area contributed by atoms with Gasteiger partial charge in [-0.2, -0.15) is 5.26 Å². The number of carbonyl (C=O) groups excluding carboxylic acids is 3. The maximum Gasteiger partial charge on any atom is 0.408 e. The summed E-state index contributed by atoms with van der Waals surface area (Å²) in [6.45, 7) is 5.35. The Labute approximate surface area is 207 Å². The maximum absolute atomic E-state index is 13.2. The fourth-order valence-electron chi connectivity index (χ4n) is 3.87. The molecule has 2 atom stereocenters. The number of nitrogens with one attached hydrogen (secondary N) is 3. The zero-order chi connectivity index (χ0) is 25.7. The Morgan fingerprint density at radius 1 is 1.17 bits per heavy atom. The number of rotatable bonds is 10. The molecule has 4 amide bonds. The first kappa shape index (κ1) is 27.9. The van der Waals surface area contributed by atoms with Crippen molar-refractivity contribution in [3.05, 3.63) is 35.9 Å². The van der Waals surface area contributed by atoms with Crippen LogP contribution in [0.3, 0.4) is 0 Å². The first-order valence-corrected chi connectivity index (χ1v) is 12.0. The van der Waals surface area contributed by atoms with Gasteiger partial charge >= 0.3 is 12.1 Å². The third kappa shape index (κ3) is 9.45. The lowest BCUT2D eigenvalue weighted by molar-refractivity contribution is -0.132. The zero-order valence-electron chi connectivity index (χ0n) is 20.8. The number of urea groups is 1. The van der Waals surface area contributed by atoms with Crippen LogP contribution in [0.5, 0.6) is 0 Å². The molecule has 1 aromatic carbocycles. The van der Waals surface area contributed by atoms with E-state index in [0.29, 0.717) is 45.4 Å². The molecule has 1 aromatic rings. The molecule has 10 nitrogen and oxygen atoms in total. The monoisotopic (exact) mass is 487 g/mol. The van der Waals surface area contributed by atoms with E-state index >= 15 is 0 Å². The molecular formula is C25H37N5O5. The highest BCUT2D eigenvalue weighted by Crippen LogP contribution is 2.22. The maximum atomic E-state index is 13.2. The molecule has 10 heteroatoms. The Morgan fingerprint density at radius 3 is 2.57 bits per heavy atom. The van der Waals surface area contributed by atoms with Gasteiger partial charge in [0.1, 0.15) is 5.54 Å². The van der Waals surface area contributed by atoms with Crippen molar-refractivity contribution >= 4 is 18.0 Å².